The van der Waals surface area contributed by atoms with Gasteiger partial charge < -0.3 is 5.32 Å². The quantitative estimate of drug-likeness (QED) is 0.898. The summed E-state index contributed by atoms with van der Waals surface area (Å²) in [5.74, 6) is 1.86. The van der Waals surface area contributed by atoms with E-state index < -0.39 is 0 Å². The number of rotatable bonds is 3. The Balaban J connectivity index is 2.02. The Morgan fingerprint density at radius 1 is 1.53 bits per heavy atom. The van der Waals surface area contributed by atoms with Gasteiger partial charge in [0.15, 0.2) is 5.17 Å². The highest BCUT2D eigenvalue weighted by Gasteiger charge is 2.21. The number of thioether (sulfide) groups is 1. The molecule has 1 aliphatic heterocycles. The van der Waals surface area contributed by atoms with Crippen LogP contribution in [0, 0.1) is 5.92 Å². The van der Waals surface area contributed by atoms with Crippen LogP contribution in [-0.4, -0.2) is 17.0 Å². The molecule has 2 nitrogen and oxygen atoms in total. The predicted octanol–water partition coefficient (Wildman–Crippen LogP) is 3.92. The van der Waals surface area contributed by atoms with Crippen LogP contribution in [0.2, 0.25) is 0 Å². The number of nitrogens with zero attached hydrogens (tertiary/aromatic N) is 1. The van der Waals surface area contributed by atoms with E-state index in [1.54, 1.807) is 0 Å². The van der Waals surface area contributed by atoms with Crippen molar-refractivity contribution in [1.82, 2.24) is 5.32 Å². The first-order valence-corrected chi connectivity index (χ1v) is 8.07. The zero-order valence-electron chi connectivity index (χ0n) is 10.6. The summed E-state index contributed by atoms with van der Waals surface area (Å²) in [4.78, 5) is 6.14. The van der Waals surface area contributed by atoms with Crippen molar-refractivity contribution >= 4 is 28.3 Å². The van der Waals surface area contributed by atoms with Crippen molar-refractivity contribution in [3.8, 4) is 0 Å². The lowest BCUT2D eigenvalue weighted by Crippen LogP contribution is -2.32. The fourth-order valence-corrected chi connectivity index (χ4v) is 3.82. The standard InChI is InChI=1S/C13H20N2S2/c1-4-11(12-6-5-7-16-12)15-13-14-10(3)9(2)8-17-13/h5-7,9-11H,4,8H2,1-3H3,(H,14,15). The minimum atomic E-state index is 0.418. The van der Waals surface area contributed by atoms with E-state index in [0.29, 0.717) is 18.0 Å². The van der Waals surface area contributed by atoms with Crippen LogP contribution in [0.3, 0.4) is 0 Å². The zero-order valence-corrected chi connectivity index (χ0v) is 12.3. The van der Waals surface area contributed by atoms with E-state index >= 15 is 0 Å². The van der Waals surface area contributed by atoms with E-state index in [1.807, 2.05) is 23.1 Å². The predicted molar refractivity (Wildman–Crippen MR) is 79.0 cm³/mol. The molecule has 0 aromatic carbocycles. The monoisotopic (exact) mass is 268 g/mol. The maximum Gasteiger partial charge on any atom is 0.157 e. The van der Waals surface area contributed by atoms with Crippen LogP contribution in [-0.2, 0) is 0 Å². The summed E-state index contributed by atoms with van der Waals surface area (Å²) < 4.78 is 0. The molecule has 94 valence electrons. The molecule has 0 aliphatic carbocycles. The van der Waals surface area contributed by atoms with E-state index in [1.165, 1.54) is 10.6 Å². The fraction of sp³-hybridized carbons (Fsp3) is 0.615. The van der Waals surface area contributed by atoms with Crippen molar-refractivity contribution in [2.24, 2.45) is 10.9 Å². The molecule has 17 heavy (non-hydrogen) atoms. The van der Waals surface area contributed by atoms with Crippen molar-refractivity contribution in [3.05, 3.63) is 22.4 Å². The molecule has 1 aromatic heterocycles. The van der Waals surface area contributed by atoms with E-state index in [2.05, 4.69) is 43.6 Å². The van der Waals surface area contributed by atoms with Gasteiger partial charge in [-0.3, -0.25) is 4.99 Å². The summed E-state index contributed by atoms with van der Waals surface area (Å²) >= 11 is 3.68. The SMILES string of the molecule is CCC(NC1=NC(C)C(C)CS1)c1cccs1. The third kappa shape index (κ3) is 3.26. The van der Waals surface area contributed by atoms with Gasteiger partial charge in [-0.1, -0.05) is 31.7 Å². The van der Waals surface area contributed by atoms with Crippen LogP contribution in [0.15, 0.2) is 22.5 Å². The van der Waals surface area contributed by atoms with Crippen LogP contribution < -0.4 is 5.32 Å². The average Bonchev–Trinajstić information content (AvgIpc) is 2.84. The maximum absolute atomic E-state index is 4.73. The molecule has 0 fully saturated rings. The van der Waals surface area contributed by atoms with Crippen molar-refractivity contribution in [2.75, 3.05) is 5.75 Å². The lowest BCUT2D eigenvalue weighted by molar-refractivity contribution is 0.530. The molecule has 3 atom stereocenters. The molecule has 1 aromatic rings. The van der Waals surface area contributed by atoms with Gasteiger partial charge in [-0.15, -0.1) is 11.3 Å². The van der Waals surface area contributed by atoms with Crippen molar-refractivity contribution < 1.29 is 0 Å². The molecule has 2 heterocycles. The molecule has 2 rings (SSSR count). The average molecular weight is 268 g/mol. The Hall–Kier alpha value is -0.480. The molecule has 0 saturated heterocycles. The van der Waals surface area contributed by atoms with E-state index in [4.69, 9.17) is 4.99 Å². The van der Waals surface area contributed by atoms with Gasteiger partial charge in [-0.05, 0) is 30.7 Å². The molecule has 3 unspecified atom stereocenters. The number of aliphatic imine (C=N–C) groups is 1. The largest absolute Gasteiger partial charge is 0.357 e. The molecule has 4 heteroatoms. The van der Waals surface area contributed by atoms with Gasteiger partial charge in [0.05, 0.1) is 12.1 Å². The normalized spacial score (nSPS) is 26.4. The second kappa shape index (κ2) is 5.91. The molecule has 0 spiro atoms. The van der Waals surface area contributed by atoms with Gasteiger partial charge in [-0.25, -0.2) is 0 Å². The topological polar surface area (TPSA) is 24.4 Å². The minimum absolute atomic E-state index is 0.418. The first-order chi connectivity index (χ1) is 8.20. The second-order valence-electron chi connectivity index (χ2n) is 4.58. The van der Waals surface area contributed by atoms with Gasteiger partial charge in [0.25, 0.3) is 0 Å². The van der Waals surface area contributed by atoms with Crippen LogP contribution >= 0.6 is 23.1 Å². The summed E-state index contributed by atoms with van der Waals surface area (Å²) in [6, 6.07) is 5.18. The molecule has 1 N–H and O–H groups in total. The Morgan fingerprint density at radius 2 is 2.35 bits per heavy atom. The van der Waals surface area contributed by atoms with Gasteiger partial charge in [-0.2, -0.15) is 0 Å². The Bertz CT molecular complexity index is 373. The fourth-order valence-electron chi connectivity index (χ4n) is 1.79. The first-order valence-electron chi connectivity index (χ1n) is 6.21. The number of nitrogens with one attached hydrogen (secondary N) is 1. The third-order valence-corrected chi connectivity index (χ3v) is 5.40. The van der Waals surface area contributed by atoms with Gasteiger partial charge in [0.2, 0.25) is 0 Å². The van der Waals surface area contributed by atoms with Crippen molar-refractivity contribution in [3.63, 3.8) is 0 Å². The molecular weight excluding hydrogens is 248 g/mol. The highest BCUT2D eigenvalue weighted by molar-refractivity contribution is 8.13. The Labute approximate surface area is 112 Å². The molecule has 1 aliphatic rings. The zero-order chi connectivity index (χ0) is 12.3. The Morgan fingerprint density at radius 3 is 2.94 bits per heavy atom. The van der Waals surface area contributed by atoms with Crippen LogP contribution in [0.5, 0.6) is 0 Å². The molecule has 0 radical (unpaired) electrons. The van der Waals surface area contributed by atoms with Gasteiger partial charge >= 0.3 is 0 Å². The van der Waals surface area contributed by atoms with Gasteiger partial charge in [0.1, 0.15) is 0 Å². The lowest BCUT2D eigenvalue weighted by atomic mass is 10.1. The highest BCUT2D eigenvalue weighted by Crippen LogP contribution is 2.26. The molecular formula is C13H20N2S2. The third-order valence-electron chi connectivity index (χ3n) is 3.22. The number of hydrogen-bond donors (Lipinski definition) is 1. The smallest absolute Gasteiger partial charge is 0.157 e. The van der Waals surface area contributed by atoms with E-state index in [9.17, 15) is 0 Å². The van der Waals surface area contributed by atoms with Crippen LogP contribution in [0.4, 0.5) is 0 Å². The van der Waals surface area contributed by atoms with Gasteiger partial charge in [0, 0.05) is 10.6 Å². The van der Waals surface area contributed by atoms with E-state index in [0.717, 1.165) is 11.6 Å². The molecule has 0 amide bonds. The summed E-state index contributed by atoms with van der Waals surface area (Å²) in [5, 5.41) is 6.84. The van der Waals surface area contributed by atoms with Crippen molar-refractivity contribution in [1.29, 1.82) is 0 Å². The first kappa shape index (κ1) is 13.0. The lowest BCUT2D eigenvalue weighted by Gasteiger charge is -2.26. The van der Waals surface area contributed by atoms with Crippen molar-refractivity contribution in [2.45, 2.75) is 39.3 Å². The summed E-state index contributed by atoms with van der Waals surface area (Å²) in [7, 11) is 0. The van der Waals surface area contributed by atoms with Crippen LogP contribution in [0.1, 0.15) is 38.1 Å². The number of amidine groups is 1. The van der Waals surface area contributed by atoms with E-state index in [-0.39, 0.29) is 0 Å². The minimum Gasteiger partial charge on any atom is -0.357 e. The summed E-state index contributed by atoms with van der Waals surface area (Å²) in [5.41, 5.74) is 0. The summed E-state index contributed by atoms with van der Waals surface area (Å²) in [6.45, 7) is 6.70. The maximum atomic E-state index is 4.73. The highest BCUT2D eigenvalue weighted by atomic mass is 32.2. The number of thiophene rings is 1. The number of hydrogen-bond acceptors (Lipinski definition) is 4. The van der Waals surface area contributed by atoms with Crippen LogP contribution in [0.25, 0.3) is 0 Å². The molecule has 0 saturated carbocycles. The summed E-state index contributed by atoms with van der Waals surface area (Å²) in [6.07, 6.45) is 1.10. The Kier molecular flexibility index (Phi) is 4.51. The molecule has 0 bridgehead atoms. The second-order valence-corrected chi connectivity index (χ2v) is 6.57.